The van der Waals surface area contributed by atoms with Crippen molar-refractivity contribution in [1.29, 1.82) is 0 Å². The van der Waals surface area contributed by atoms with Crippen LogP contribution >= 0.6 is 0 Å². The average Bonchev–Trinajstić information content (AvgIpc) is 3.22. The van der Waals surface area contributed by atoms with E-state index in [1.165, 1.54) is 6.33 Å². The molecule has 1 saturated heterocycles. The van der Waals surface area contributed by atoms with E-state index >= 15 is 0 Å². The zero-order valence-electron chi connectivity index (χ0n) is 14.6. The van der Waals surface area contributed by atoms with Crippen molar-refractivity contribution in [1.82, 2.24) is 15.3 Å². The quantitative estimate of drug-likeness (QED) is 0.766. The second-order valence-electron chi connectivity index (χ2n) is 6.54. The Balaban J connectivity index is 1.58. The number of amides is 1. The van der Waals surface area contributed by atoms with Gasteiger partial charge in [0.2, 0.25) is 0 Å². The Hall–Kier alpha value is -3.09. The number of carbonyl (C=O) groups excluding carboxylic acids is 1. The summed E-state index contributed by atoms with van der Waals surface area (Å²) in [7, 11) is 0. The van der Waals surface area contributed by atoms with Crippen LogP contribution in [0.1, 0.15) is 28.8 Å². The summed E-state index contributed by atoms with van der Waals surface area (Å²) in [4.78, 5) is 23.4. The maximum absolute atomic E-state index is 13.7. The molecule has 2 aromatic carbocycles. The number of nitrogens with one attached hydrogen (secondary N) is 1. The topological polar surface area (TPSA) is 58.1 Å². The third-order valence-corrected chi connectivity index (χ3v) is 4.73. The fourth-order valence-corrected chi connectivity index (χ4v) is 3.32. The first-order valence-corrected chi connectivity index (χ1v) is 8.83. The summed E-state index contributed by atoms with van der Waals surface area (Å²) in [5.41, 5.74) is 1.29. The third kappa shape index (κ3) is 3.58. The van der Waals surface area contributed by atoms with Crippen molar-refractivity contribution in [2.75, 3.05) is 18.0 Å². The number of rotatable bonds is 4. The Kier molecular flexibility index (Phi) is 4.66. The van der Waals surface area contributed by atoms with Crippen LogP contribution in [0, 0.1) is 11.6 Å². The summed E-state index contributed by atoms with van der Waals surface area (Å²) >= 11 is 0. The van der Waals surface area contributed by atoms with Crippen LogP contribution in [0.2, 0.25) is 0 Å². The van der Waals surface area contributed by atoms with Crippen LogP contribution in [0.25, 0.3) is 10.9 Å². The first-order valence-electron chi connectivity index (χ1n) is 8.83. The van der Waals surface area contributed by atoms with Gasteiger partial charge in [0.1, 0.15) is 23.8 Å². The molecule has 7 heteroatoms. The Morgan fingerprint density at radius 2 is 1.89 bits per heavy atom. The van der Waals surface area contributed by atoms with Crippen molar-refractivity contribution in [2.45, 2.75) is 19.4 Å². The number of hydrogen-bond acceptors (Lipinski definition) is 4. The van der Waals surface area contributed by atoms with Crippen molar-refractivity contribution >= 4 is 22.6 Å². The first kappa shape index (κ1) is 17.3. The monoisotopic (exact) mass is 368 g/mol. The highest BCUT2D eigenvalue weighted by molar-refractivity contribution is 6.00. The van der Waals surface area contributed by atoms with Crippen LogP contribution in [0.15, 0.2) is 42.7 Å². The molecule has 5 nitrogen and oxygen atoms in total. The molecule has 0 radical (unpaired) electrons. The predicted molar refractivity (Wildman–Crippen MR) is 98.5 cm³/mol. The summed E-state index contributed by atoms with van der Waals surface area (Å²) in [5.74, 6) is -0.640. The second-order valence-corrected chi connectivity index (χ2v) is 6.54. The van der Waals surface area contributed by atoms with Gasteiger partial charge in [0, 0.05) is 36.1 Å². The van der Waals surface area contributed by atoms with Crippen molar-refractivity contribution in [3.05, 3.63) is 65.5 Å². The van der Waals surface area contributed by atoms with E-state index in [1.54, 1.807) is 18.2 Å². The lowest BCUT2D eigenvalue weighted by molar-refractivity contribution is 0.0950. The Labute approximate surface area is 155 Å². The maximum Gasteiger partial charge on any atom is 0.251 e. The van der Waals surface area contributed by atoms with Gasteiger partial charge in [-0.05, 0) is 49.2 Å². The van der Waals surface area contributed by atoms with Crippen molar-refractivity contribution in [3.63, 3.8) is 0 Å². The number of fused-ring (bicyclic) bond motifs is 1. The minimum atomic E-state index is -0.556. The molecule has 1 aliphatic heterocycles. The lowest BCUT2D eigenvalue weighted by atomic mass is 10.1. The minimum Gasteiger partial charge on any atom is -0.356 e. The van der Waals surface area contributed by atoms with E-state index in [4.69, 9.17) is 0 Å². The van der Waals surface area contributed by atoms with Gasteiger partial charge in [0.15, 0.2) is 0 Å². The van der Waals surface area contributed by atoms with Gasteiger partial charge in [-0.3, -0.25) is 4.79 Å². The minimum absolute atomic E-state index is 0.0925. The van der Waals surface area contributed by atoms with Gasteiger partial charge in [-0.15, -0.1) is 0 Å². The molecule has 1 amide bonds. The Morgan fingerprint density at radius 1 is 1.07 bits per heavy atom. The fourth-order valence-electron chi connectivity index (χ4n) is 3.32. The molecule has 0 spiro atoms. The molecule has 1 N–H and O–H groups in total. The summed E-state index contributed by atoms with van der Waals surface area (Å²) in [6.45, 7) is 1.77. The number of benzene rings is 2. The summed E-state index contributed by atoms with van der Waals surface area (Å²) in [5, 5.41) is 3.45. The number of halogens is 2. The SMILES string of the molecule is O=C(NCc1cc(F)ccc1F)c1ccc2ncnc(N3CCCC3)c2c1. The van der Waals surface area contributed by atoms with E-state index in [1.807, 2.05) is 0 Å². The maximum atomic E-state index is 13.7. The third-order valence-electron chi connectivity index (χ3n) is 4.73. The van der Waals surface area contributed by atoms with E-state index in [9.17, 15) is 13.6 Å². The molecule has 1 fully saturated rings. The Morgan fingerprint density at radius 3 is 2.70 bits per heavy atom. The Bertz CT molecular complexity index is 1000. The molecular weight excluding hydrogens is 350 g/mol. The molecule has 1 aliphatic rings. The molecule has 2 heterocycles. The van der Waals surface area contributed by atoms with Crippen molar-refractivity contribution in [3.8, 4) is 0 Å². The van der Waals surface area contributed by atoms with E-state index in [0.717, 1.165) is 60.9 Å². The lowest BCUT2D eigenvalue weighted by Gasteiger charge is -2.18. The molecule has 27 heavy (non-hydrogen) atoms. The van der Waals surface area contributed by atoms with Crippen molar-refractivity contribution < 1.29 is 13.6 Å². The fraction of sp³-hybridized carbons (Fsp3) is 0.250. The first-order chi connectivity index (χ1) is 13.1. The van der Waals surface area contributed by atoms with E-state index in [-0.39, 0.29) is 18.0 Å². The van der Waals surface area contributed by atoms with Gasteiger partial charge in [0.25, 0.3) is 5.91 Å². The number of aromatic nitrogens is 2. The number of anilines is 1. The number of nitrogens with zero attached hydrogens (tertiary/aromatic N) is 3. The molecule has 0 unspecified atom stereocenters. The van der Waals surface area contributed by atoms with Crippen LogP contribution < -0.4 is 10.2 Å². The molecular formula is C20H18F2N4O. The van der Waals surface area contributed by atoms with Gasteiger partial charge < -0.3 is 10.2 Å². The summed E-state index contributed by atoms with van der Waals surface area (Å²) in [6, 6.07) is 8.36. The summed E-state index contributed by atoms with van der Waals surface area (Å²) < 4.78 is 27.0. The average molecular weight is 368 g/mol. The van der Waals surface area contributed by atoms with Gasteiger partial charge >= 0.3 is 0 Å². The van der Waals surface area contributed by atoms with Gasteiger partial charge in [-0.1, -0.05) is 0 Å². The van der Waals surface area contributed by atoms with Crippen LogP contribution in [0.3, 0.4) is 0 Å². The highest BCUT2D eigenvalue weighted by Crippen LogP contribution is 2.26. The normalized spacial score (nSPS) is 13.9. The van der Waals surface area contributed by atoms with Crippen molar-refractivity contribution in [2.24, 2.45) is 0 Å². The van der Waals surface area contributed by atoms with Crippen LogP contribution in [0.4, 0.5) is 14.6 Å². The molecule has 3 aromatic rings. The smallest absolute Gasteiger partial charge is 0.251 e. The van der Waals surface area contributed by atoms with E-state index in [0.29, 0.717) is 5.56 Å². The molecule has 1 aromatic heterocycles. The predicted octanol–water partition coefficient (Wildman–Crippen LogP) is 3.44. The highest BCUT2D eigenvalue weighted by Gasteiger charge is 2.18. The zero-order chi connectivity index (χ0) is 18.8. The van der Waals surface area contributed by atoms with Crippen LogP contribution in [-0.4, -0.2) is 29.0 Å². The summed E-state index contributed by atoms with van der Waals surface area (Å²) in [6.07, 6.45) is 3.76. The number of carbonyl (C=O) groups is 1. The molecule has 0 aliphatic carbocycles. The number of hydrogen-bond donors (Lipinski definition) is 1. The molecule has 138 valence electrons. The highest BCUT2D eigenvalue weighted by atomic mass is 19.1. The van der Waals surface area contributed by atoms with E-state index in [2.05, 4.69) is 20.2 Å². The van der Waals surface area contributed by atoms with Crippen LogP contribution in [-0.2, 0) is 6.54 Å². The standard InChI is InChI=1S/C20H18F2N4O/c21-15-4-5-17(22)14(9-15)11-23-20(27)13-3-6-18-16(10-13)19(25-12-24-18)26-7-1-2-8-26/h3-6,9-10,12H,1-2,7-8,11H2,(H,23,27). The van der Waals surface area contributed by atoms with E-state index < -0.39 is 11.6 Å². The molecule has 4 rings (SSSR count). The van der Waals surface area contributed by atoms with Gasteiger partial charge in [-0.2, -0.15) is 0 Å². The lowest BCUT2D eigenvalue weighted by Crippen LogP contribution is -2.23. The van der Waals surface area contributed by atoms with Gasteiger partial charge in [0.05, 0.1) is 5.52 Å². The molecule has 0 saturated carbocycles. The largest absolute Gasteiger partial charge is 0.356 e. The molecule has 0 atom stereocenters. The second kappa shape index (κ2) is 7.26. The molecule has 0 bridgehead atoms. The van der Waals surface area contributed by atoms with Crippen LogP contribution in [0.5, 0.6) is 0 Å². The zero-order valence-corrected chi connectivity index (χ0v) is 14.6. The van der Waals surface area contributed by atoms with Gasteiger partial charge in [-0.25, -0.2) is 18.7 Å².